The van der Waals surface area contributed by atoms with Gasteiger partial charge >= 0.3 is 5.97 Å². The van der Waals surface area contributed by atoms with E-state index >= 15 is 0 Å². The molecule has 6 heteroatoms. The van der Waals surface area contributed by atoms with Crippen LogP contribution in [0, 0.1) is 0 Å². The lowest BCUT2D eigenvalue weighted by Crippen LogP contribution is -2.35. The van der Waals surface area contributed by atoms with E-state index in [9.17, 15) is 13.2 Å². The van der Waals surface area contributed by atoms with E-state index in [4.69, 9.17) is 4.74 Å². The lowest BCUT2D eigenvalue weighted by atomic mass is 10.2. The monoisotopic (exact) mass is 285 g/mol. The average Bonchev–Trinajstić information content (AvgIpc) is 2.38. The number of carbonyl (C=O) groups excluding carboxylic acids is 1. The largest absolute Gasteiger partial charge is 0.465 e. The molecule has 0 aliphatic rings. The number of ether oxygens (including phenoxy) is 1. The smallest absolute Gasteiger partial charge is 0.321 e. The van der Waals surface area contributed by atoms with Crippen LogP contribution in [0.4, 0.5) is 0 Å². The fourth-order valence-corrected chi connectivity index (χ4v) is 2.64. The van der Waals surface area contributed by atoms with E-state index in [-0.39, 0.29) is 18.9 Å². The maximum absolute atomic E-state index is 12.0. The maximum atomic E-state index is 12.0. The van der Waals surface area contributed by atoms with Crippen LogP contribution in [0.15, 0.2) is 30.3 Å². The van der Waals surface area contributed by atoms with Gasteiger partial charge in [0.25, 0.3) is 0 Å². The normalized spacial score (nSPS) is 11.5. The number of benzene rings is 1. The third-order valence-electron chi connectivity index (χ3n) is 2.62. The van der Waals surface area contributed by atoms with Crippen LogP contribution in [0.2, 0.25) is 0 Å². The Bertz CT molecular complexity index is 499. The van der Waals surface area contributed by atoms with Crippen LogP contribution >= 0.6 is 0 Å². The number of hydrogen-bond acceptors (Lipinski definition) is 4. The Kier molecular flexibility index (Phi) is 5.98. The Morgan fingerprint density at radius 3 is 2.47 bits per heavy atom. The SMILES string of the molecule is CCOC(=O)CN(C)S(=O)(=O)CCc1ccccc1. The maximum Gasteiger partial charge on any atom is 0.321 e. The van der Waals surface area contributed by atoms with Gasteiger partial charge in [-0.05, 0) is 18.9 Å². The molecule has 0 saturated heterocycles. The van der Waals surface area contributed by atoms with Crippen molar-refractivity contribution in [1.82, 2.24) is 4.31 Å². The zero-order valence-corrected chi connectivity index (χ0v) is 12.0. The molecule has 0 unspecified atom stereocenters. The molecule has 0 N–H and O–H groups in total. The average molecular weight is 285 g/mol. The summed E-state index contributed by atoms with van der Waals surface area (Å²) in [6.07, 6.45) is 0.427. The van der Waals surface area contributed by atoms with Gasteiger partial charge in [0, 0.05) is 7.05 Å². The summed E-state index contributed by atoms with van der Waals surface area (Å²) in [5.41, 5.74) is 0.954. The Balaban J connectivity index is 2.53. The summed E-state index contributed by atoms with van der Waals surface area (Å²) < 4.78 is 29.7. The summed E-state index contributed by atoms with van der Waals surface area (Å²) in [4.78, 5) is 11.2. The van der Waals surface area contributed by atoms with Gasteiger partial charge < -0.3 is 4.74 Å². The van der Waals surface area contributed by atoms with E-state index in [1.165, 1.54) is 7.05 Å². The molecule has 0 amide bonds. The van der Waals surface area contributed by atoms with Crippen molar-refractivity contribution in [3.8, 4) is 0 Å². The number of esters is 1. The number of likely N-dealkylation sites (N-methyl/N-ethyl adjacent to an activating group) is 1. The van der Waals surface area contributed by atoms with Gasteiger partial charge in [0.15, 0.2) is 0 Å². The van der Waals surface area contributed by atoms with Crippen molar-refractivity contribution < 1.29 is 17.9 Å². The van der Waals surface area contributed by atoms with Gasteiger partial charge in [-0.1, -0.05) is 30.3 Å². The van der Waals surface area contributed by atoms with Crippen LogP contribution in [-0.2, 0) is 26.0 Å². The van der Waals surface area contributed by atoms with Crippen molar-refractivity contribution in [3.63, 3.8) is 0 Å². The standard InChI is InChI=1S/C13H19NO4S/c1-3-18-13(15)11-14(2)19(16,17)10-9-12-7-5-4-6-8-12/h4-8H,3,9-11H2,1-2H3. The number of carbonyl (C=O) groups is 1. The quantitative estimate of drug-likeness (QED) is 0.703. The lowest BCUT2D eigenvalue weighted by Gasteiger charge is -2.16. The van der Waals surface area contributed by atoms with Crippen molar-refractivity contribution in [3.05, 3.63) is 35.9 Å². The van der Waals surface area contributed by atoms with E-state index in [0.717, 1.165) is 9.87 Å². The molecular formula is C13H19NO4S. The van der Waals surface area contributed by atoms with Gasteiger partial charge in [0.2, 0.25) is 10.0 Å². The summed E-state index contributed by atoms with van der Waals surface area (Å²) in [5, 5.41) is 0. The predicted molar refractivity (Wildman–Crippen MR) is 73.2 cm³/mol. The van der Waals surface area contributed by atoms with Gasteiger partial charge in [-0.3, -0.25) is 4.79 Å². The van der Waals surface area contributed by atoms with Crippen LogP contribution in [0.25, 0.3) is 0 Å². The number of aryl methyl sites for hydroxylation is 1. The fraction of sp³-hybridized carbons (Fsp3) is 0.462. The van der Waals surface area contributed by atoms with Crippen LogP contribution in [0.3, 0.4) is 0 Å². The fourth-order valence-electron chi connectivity index (χ4n) is 1.53. The van der Waals surface area contributed by atoms with Gasteiger partial charge in [-0.25, -0.2) is 8.42 Å². The Labute approximate surface area is 114 Å². The molecular weight excluding hydrogens is 266 g/mol. The third-order valence-corrected chi connectivity index (χ3v) is 4.42. The van der Waals surface area contributed by atoms with Crippen LogP contribution in [-0.4, -0.2) is 44.6 Å². The van der Waals surface area contributed by atoms with Crippen molar-refractivity contribution in [2.24, 2.45) is 0 Å². The highest BCUT2D eigenvalue weighted by atomic mass is 32.2. The molecule has 5 nitrogen and oxygen atoms in total. The molecule has 0 atom stereocenters. The van der Waals surface area contributed by atoms with E-state index in [0.29, 0.717) is 6.42 Å². The minimum Gasteiger partial charge on any atom is -0.465 e. The van der Waals surface area contributed by atoms with Gasteiger partial charge in [0.05, 0.1) is 12.4 Å². The molecule has 0 aliphatic carbocycles. The number of nitrogens with zero attached hydrogens (tertiary/aromatic N) is 1. The topological polar surface area (TPSA) is 63.7 Å². The second-order valence-electron chi connectivity index (χ2n) is 4.11. The number of rotatable bonds is 7. The first-order chi connectivity index (χ1) is 8.95. The zero-order chi connectivity index (χ0) is 14.3. The molecule has 0 fully saturated rings. The second-order valence-corrected chi connectivity index (χ2v) is 6.31. The highest BCUT2D eigenvalue weighted by Gasteiger charge is 2.20. The minimum atomic E-state index is -3.44. The van der Waals surface area contributed by atoms with Crippen LogP contribution in [0.5, 0.6) is 0 Å². The first-order valence-electron chi connectivity index (χ1n) is 6.09. The number of hydrogen-bond donors (Lipinski definition) is 0. The Morgan fingerprint density at radius 2 is 1.89 bits per heavy atom. The molecule has 0 aliphatic heterocycles. The Morgan fingerprint density at radius 1 is 1.26 bits per heavy atom. The highest BCUT2D eigenvalue weighted by Crippen LogP contribution is 2.05. The second kappa shape index (κ2) is 7.25. The zero-order valence-electron chi connectivity index (χ0n) is 11.2. The predicted octanol–water partition coefficient (Wildman–Crippen LogP) is 1.05. The molecule has 1 rings (SSSR count). The van der Waals surface area contributed by atoms with E-state index in [1.807, 2.05) is 30.3 Å². The van der Waals surface area contributed by atoms with E-state index in [1.54, 1.807) is 6.92 Å². The molecule has 0 heterocycles. The van der Waals surface area contributed by atoms with Gasteiger partial charge in [-0.15, -0.1) is 0 Å². The first kappa shape index (κ1) is 15.7. The third kappa shape index (κ3) is 5.40. The molecule has 0 saturated carbocycles. The molecule has 1 aromatic rings. The molecule has 1 aromatic carbocycles. The van der Waals surface area contributed by atoms with Crippen molar-refractivity contribution in [2.45, 2.75) is 13.3 Å². The van der Waals surface area contributed by atoms with Gasteiger partial charge in [0.1, 0.15) is 6.54 Å². The van der Waals surface area contributed by atoms with Crippen molar-refractivity contribution in [2.75, 3.05) is 26.0 Å². The molecule has 19 heavy (non-hydrogen) atoms. The summed E-state index contributed by atoms with van der Waals surface area (Å²) in [5.74, 6) is -0.555. The summed E-state index contributed by atoms with van der Waals surface area (Å²) in [7, 11) is -2.05. The minimum absolute atomic E-state index is 0.0209. The lowest BCUT2D eigenvalue weighted by molar-refractivity contribution is -0.143. The molecule has 106 valence electrons. The molecule has 0 bridgehead atoms. The van der Waals surface area contributed by atoms with Crippen LogP contribution < -0.4 is 0 Å². The molecule has 0 radical (unpaired) electrons. The van der Waals surface area contributed by atoms with E-state index < -0.39 is 16.0 Å². The summed E-state index contributed by atoms with van der Waals surface area (Å²) in [6.45, 7) is 1.68. The highest BCUT2D eigenvalue weighted by molar-refractivity contribution is 7.89. The molecule has 0 spiro atoms. The van der Waals surface area contributed by atoms with Gasteiger partial charge in [-0.2, -0.15) is 4.31 Å². The van der Waals surface area contributed by atoms with Crippen molar-refractivity contribution in [1.29, 1.82) is 0 Å². The Hall–Kier alpha value is -1.40. The van der Waals surface area contributed by atoms with Crippen molar-refractivity contribution >= 4 is 16.0 Å². The summed E-state index contributed by atoms with van der Waals surface area (Å²) in [6, 6.07) is 9.36. The number of sulfonamides is 1. The van der Waals surface area contributed by atoms with E-state index in [2.05, 4.69) is 0 Å². The van der Waals surface area contributed by atoms with Crippen LogP contribution in [0.1, 0.15) is 12.5 Å². The first-order valence-corrected chi connectivity index (χ1v) is 7.70. The summed E-state index contributed by atoms with van der Waals surface area (Å²) >= 11 is 0. The molecule has 0 aromatic heterocycles.